The summed E-state index contributed by atoms with van der Waals surface area (Å²) in [7, 11) is 0. The van der Waals surface area contributed by atoms with Gasteiger partial charge in [0.2, 0.25) is 12.7 Å². The minimum atomic E-state index is -0.102. The van der Waals surface area contributed by atoms with Crippen LogP contribution in [-0.2, 0) is 6.54 Å². The Morgan fingerprint density at radius 1 is 1.42 bits per heavy atom. The number of aromatic nitrogens is 2. The Labute approximate surface area is 142 Å². The molecule has 1 unspecified atom stereocenters. The summed E-state index contributed by atoms with van der Waals surface area (Å²) in [6, 6.07) is 5.55. The van der Waals surface area contributed by atoms with Crippen LogP contribution in [0.4, 0.5) is 4.79 Å². The topological polar surface area (TPSA) is 85.8 Å². The Morgan fingerprint density at radius 2 is 2.33 bits per heavy atom. The molecule has 1 atom stereocenters. The number of amides is 2. The quantitative estimate of drug-likeness (QED) is 0.904. The first-order chi connectivity index (χ1) is 11.8. The van der Waals surface area contributed by atoms with Gasteiger partial charge in [-0.1, -0.05) is 6.07 Å². The fourth-order valence-electron chi connectivity index (χ4n) is 2.73. The number of carbonyl (C=O) groups is 1. The third kappa shape index (κ3) is 3.21. The van der Waals surface area contributed by atoms with E-state index in [1.54, 1.807) is 11.1 Å². The van der Waals surface area contributed by atoms with E-state index in [0.717, 1.165) is 29.5 Å². The Balaban J connectivity index is 1.27. The standard InChI is InChI=1S/C15H16N4O4S/c20-15(16-6-10-1-2-12-13(5-10)22-9-21-12)19-4-3-11(8-19)23-14-7-17-24-18-14/h1-2,5,7,11H,3-4,6,8-9H2,(H,16,20). The molecule has 1 aromatic carbocycles. The molecule has 24 heavy (non-hydrogen) atoms. The predicted octanol–water partition coefficient (Wildman–Crippen LogP) is 1.63. The lowest BCUT2D eigenvalue weighted by Crippen LogP contribution is -2.39. The number of carbonyl (C=O) groups excluding carboxylic acids is 1. The molecule has 2 amide bonds. The van der Waals surface area contributed by atoms with Gasteiger partial charge < -0.3 is 24.4 Å². The van der Waals surface area contributed by atoms with Crippen LogP contribution in [0.1, 0.15) is 12.0 Å². The van der Waals surface area contributed by atoms with E-state index in [9.17, 15) is 4.79 Å². The molecule has 2 aliphatic heterocycles. The first-order valence-electron chi connectivity index (χ1n) is 7.63. The molecule has 0 aliphatic carbocycles. The van der Waals surface area contributed by atoms with Gasteiger partial charge in [0.15, 0.2) is 11.5 Å². The maximum absolute atomic E-state index is 12.3. The number of nitrogens with one attached hydrogen (secondary N) is 1. The number of likely N-dealkylation sites (tertiary alicyclic amines) is 1. The SMILES string of the molecule is O=C(NCc1ccc2c(c1)OCO2)N1CCC(Oc2cnsn2)C1. The van der Waals surface area contributed by atoms with Crippen LogP contribution in [0.25, 0.3) is 0 Å². The monoisotopic (exact) mass is 348 g/mol. The van der Waals surface area contributed by atoms with Crippen LogP contribution in [0.15, 0.2) is 24.4 Å². The Morgan fingerprint density at radius 3 is 3.21 bits per heavy atom. The number of hydrogen-bond donors (Lipinski definition) is 1. The molecule has 126 valence electrons. The normalized spacial score (nSPS) is 18.7. The third-order valence-corrected chi connectivity index (χ3v) is 4.40. The molecule has 2 aromatic rings. The molecule has 8 nitrogen and oxygen atoms in total. The molecule has 0 saturated carbocycles. The summed E-state index contributed by atoms with van der Waals surface area (Å²) in [5.41, 5.74) is 0.966. The largest absolute Gasteiger partial charge is 0.471 e. The van der Waals surface area contributed by atoms with Crippen LogP contribution in [0, 0.1) is 0 Å². The number of rotatable bonds is 4. The second kappa shape index (κ2) is 6.52. The number of ether oxygens (including phenoxy) is 3. The number of urea groups is 1. The minimum absolute atomic E-state index is 0.0369. The van der Waals surface area contributed by atoms with Crippen LogP contribution in [-0.4, -0.2) is 45.7 Å². The number of fused-ring (bicyclic) bond motifs is 1. The van der Waals surface area contributed by atoms with Crippen molar-refractivity contribution >= 4 is 17.8 Å². The average Bonchev–Trinajstić information content (AvgIpc) is 3.34. The molecule has 9 heteroatoms. The summed E-state index contributed by atoms with van der Waals surface area (Å²) < 4.78 is 24.2. The molecule has 0 bridgehead atoms. The van der Waals surface area contributed by atoms with E-state index in [1.165, 1.54) is 0 Å². The van der Waals surface area contributed by atoms with E-state index in [-0.39, 0.29) is 18.9 Å². The highest BCUT2D eigenvalue weighted by Gasteiger charge is 2.28. The van der Waals surface area contributed by atoms with Gasteiger partial charge in [-0.3, -0.25) is 0 Å². The van der Waals surface area contributed by atoms with Gasteiger partial charge in [0.1, 0.15) is 12.3 Å². The summed E-state index contributed by atoms with van der Waals surface area (Å²) in [4.78, 5) is 14.0. The lowest BCUT2D eigenvalue weighted by Gasteiger charge is -2.17. The maximum Gasteiger partial charge on any atom is 0.317 e. The van der Waals surface area contributed by atoms with Crippen molar-refractivity contribution in [1.82, 2.24) is 19.0 Å². The van der Waals surface area contributed by atoms with Gasteiger partial charge in [-0.15, -0.1) is 4.37 Å². The minimum Gasteiger partial charge on any atom is -0.471 e. The van der Waals surface area contributed by atoms with E-state index in [0.29, 0.717) is 31.3 Å². The van der Waals surface area contributed by atoms with Crippen molar-refractivity contribution in [2.75, 3.05) is 19.9 Å². The predicted molar refractivity (Wildman–Crippen MR) is 85.3 cm³/mol. The molecular weight excluding hydrogens is 332 g/mol. The van der Waals surface area contributed by atoms with Crippen molar-refractivity contribution in [2.45, 2.75) is 19.1 Å². The van der Waals surface area contributed by atoms with Gasteiger partial charge in [0.25, 0.3) is 0 Å². The van der Waals surface area contributed by atoms with E-state index >= 15 is 0 Å². The van der Waals surface area contributed by atoms with Crippen molar-refractivity contribution in [3.8, 4) is 17.4 Å². The van der Waals surface area contributed by atoms with Crippen molar-refractivity contribution in [2.24, 2.45) is 0 Å². The van der Waals surface area contributed by atoms with Gasteiger partial charge in [0, 0.05) is 19.5 Å². The van der Waals surface area contributed by atoms with Crippen LogP contribution >= 0.6 is 11.7 Å². The van der Waals surface area contributed by atoms with Crippen molar-refractivity contribution in [3.05, 3.63) is 30.0 Å². The summed E-state index contributed by atoms with van der Waals surface area (Å²) in [5, 5.41) is 2.92. The fourth-order valence-corrected chi connectivity index (χ4v) is 3.08. The zero-order valence-electron chi connectivity index (χ0n) is 12.8. The molecule has 0 spiro atoms. The van der Waals surface area contributed by atoms with Crippen molar-refractivity contribution in [1.29, 1.82) is 0 Å². The Hall–Kier alpha value is -2.55. The fraction of sp³-hybridized carbons (Fsp3) is 0.400. The second-order valence-corrected chi connectivity index (χ2v) is 6.12. The van der Waals surface area contributed by atoms with E-state index in [4.69, 9.17) is 14.2 Å². The third-order valence-electron chi connectivity index (χ3n) is 3.94. The molecule has 1 saturated heterocycles. The van der Waals surface area contributed by atoms with Crippen LogP contribution in [0.3, 0.4) is 0 Å². The average molecular weight is 348 g/mol. The molecule has 3 heterocycles. The Bertz CT molecular complexity index is 724. The summed E-state index contributed by atoms with van der Waals surface area (Å²) in [6.07, 6.45) is 2.34. The first-order valence-corrected chi connectivity index (χ1v) is 8.36. The molecule has 1 aromatic heterocycles. The van der Waals surface area contributed by atoms with Gasteiger partial charge in [-0.05, 0) is 17.7 Å². The highest BCUT2D eigenvalue weighted by atomic mass is 32.1. The smallest absolute Gasteiger partial charge is 0.317 e. The highest BCUT2D eigenvalue weighted by molar-refractivity contribution is 6.99. The van der Waals surface area contributed by atoms with Crippen LogP contribution in [0.2, 0.25) is 0 Å². The van der Waals surface area contributed by atoms with Gasteiger partial charge in [0.05, 0.1) is 18.3 Å². The zero-order chi connectivity index (χ0) is 16.4. The summed E-state index contributed by atoms with van der Waals surface area (Å²) >= 11 is 1.11. The number of hydrogen-bond acceptors (Lipinski definition) is 7. The lowest BCUT2D eigenvalue weighted by molar-refractivity contribution is 0.174. The van der Waals surface area contributed by atoms with E-state index < -0.39 is 0 Å². The van der Waals surface area contributed by atoms with Crippen LogP contribution in [0.5, 0.6) is 17.4 Å². The van der Waals surface area contributed by atoms with E-state index in [2.05, 4.69) is 14.1 Å². The number of benzene rings is 1. The Kier molecular flexibility index (Phi) is 4.08. The maximum atomic E-state index is 12.3. The van der Waals surface area contributed by atoms with Gasteiger partial charge >= 0.3 is 6.03 Å². The molecule has 1 N–H and O–H groups in total. The molecule has 0 radical (unpaired) electrons. The summed E-state index contributed by atoms with van der Waals surface area (Å²) in [5.74, 6) is 1.97. The van der Waals surface area contributed by atoms with Crippen molar-refractivity contribution < 1.29 is 19.0 Å². The zero-order valence-corrected chi connectivity index (χ0v) is 13.6. The lowest BCUT2D eigenvalue weighted by atomic mass is 10.2. The van der Waals surface area contributed by atoms with Gasteiger partial charge in [-0.2, -0.15) is 4.37 Å². The van der Waals surface area contributed by atoms with Crippen LogP contribution < -0.4 is 19.5 Å². The molecule has 2 aliphatic rings. The molecule has 1 fully saturated rings. The highest BCUT2D eigenvalue weighted by Crippen LogP contribution is 2.32. The van der Waals surface area contributed by atoms with Gasteiger partial charge in [-0.25, -0.2) is 4.79 Å². The summed E-state index contributed by atoms with van der Waals surface area (Å²) in [6.45, 7) is 1.89. The molecular formula is C15H16N4O4S. The number of nitrogens with zero attached hydrogens (tertiary/aromatic N) is 3. The first kappa shape index (κ1) is 15.0. The van der Waals surface area contributed by atoms with Crippen molar-refractivity contribution in [3.63, 3.8) is 0 Å². The molecule has 4 rings (SSSR count). The second-order valence-electron chi connectivity index (χ2n) is 5.57. The van der Waals surface area contributed by atoms with E-state index in [1.807, 2.05) is 18.2 Å².